The van der Waals surface area contributed by atoms with Gasteiger partial charge in [-0.2, -0.15) is 14.0 Å². The number of nitrogens with zero attached hydrogens (tertiary/aromatic N) is 2. The molecule has 16 heavy (non-hydrogen) atoms. The average Bonchev–Trinajstić information content (AvgIpc) is 2.19. The second kappa shape index (κ2) is 4.53. The summed E-state index contributed by atoms with van der Waals surface area (Å²) in [6.45, 7) is -1.71. The highest BCUT2D eigenvalue weighted by atomic mass is 19.3. The number of rotatable bonds is 3. The molecule has 1 aromatic carbocycles. The highest BCUT2D eigenvalue weighted by Gasteiger charge is 2.22. The number of ether oxygens (including phenoxy) is 1. The van der Waals surface area contributed by atoms with E-state index in [9.17, 15) is 18.9 Å². The van der Waals surface area contributed by atoms with Crippen LogP contribution in [0.4, 0.5) is 14.5 Å². The van der Waals surface area contributed by atoms with E-state index in [2.05, 4.69) is 4.74 Å². The standard InChI is InChI=1S/C9H6F2N2O3/c1-5-2-3-7(13(14)15)6(4-12)8(5)16-9(10)11/h2-3,9H,1H3. The van der Waals surface area contributed by atoms with Crippen LogP contribution in [0.2, 0.25) is 0 Å². The molecule has 84 valence electrons. The van der Waals surface area contributed by atoms with Gasteiger partial charge in [0, 0.05) is 6.07 Å². The molecule has 0 saturated heterocycles. The van der Waals surface area contributed by atoms with Crippen LogP contribution in [-0.2, 0) is 0 Å². The van der Waals surface area contributed by atoms with Crippen molar-refractivity contribution in [3.63, 3.8) is 0 Å². The fraction of sp³-hybridized carbons (Fsp3) is 0.222. The number of hydrogen-bond donors (Lipinski definition) is 0. The quantitative estimate of drug-likeness (QED) is 0.587. The van der Waals surface area contributed by atoms with Gasteiger partial charge in [-0.15, -0.1) is 0 Å². The first-order valence-electron chi connectivity index (χ1n) is 4.10. The summed E-state index contributed by atoms with van der Waals surface area (Å²) in [6, 6.07) is 3.81. The topological polar surface area (TPSA) is 76.2 Å². The Morgan fingerprint density at radius 3 is 2.62 bits per heavy atom. The lowest BCUT2D eigenvalue weighted by atomic mass is 10.1. The van der Waals surface area contributed by atoms with Crippen LogP contribution in [0.3, 0.4) is 0 Å². The molecule has 0 saturated carbocycles. The van der Waals surface area contributed by atoms with Crippen LogP contribution in [0.25, 0.3) is 0 Å². The zero-order valence-corrected chi connectivity index (χ0v) is 8.11. The van der Waals surface area contributed by atoms with E-state index in [4.69, 9.17) is 5.26 Å². The number of aryl methyl sites for hydroxylation is 1. The van der Waals surface area contributed by atoms with Crippen LogP contribution in [0.5, 0.6) is 5.75 Å². The lowest BCUT2D eigenvalue weighted by Crippen LogP contribution is -2.06. The number of alkyl halides is 2. The highest BCUT2D eigenvalue weighted by Crippen LogP contribution is 2.31. The fourth-order valence-electron chi connectivity index (χ4n) is 1.18. The van der Waals surface area contributed by atoms with Crippen molar-refractivity contribution < 1.29 is 18.4 Å². The molecule has 0 fully saturated rings. The molecule has 0 radical (unpaired) electrons. The normalized spacial score (nSPS) is 9.94. The van der Waals surface area contributed by atoms with E-state index in [0.29, 0.717) is 0 Å². The Bertz CT molecular complexity index is 469. The van der Waals surface area contributed by atoms with Gasteiger partial charge in [-0.25, -0.2) is 0 Å². The molecular weight excluding hydrogens is 222 g/mol. The van der Waals surface area contributed by atoms with E-state index in [1.807, 2.05) is 0 Å². The van der Waals surface area contributed by atoms with Gasteiger partial charge in [-0.3, -0.25) is 10.1 Å². The highest BCUT2D eigenvalue weighted by molar-refractivity contribution is 5.60. The van der Waals surface area contributed by atoms with Crippen molar-refractivity contribution >= 4 is 5.69 Å². The van der Waals surface area contributed by atoms with Crippen molar-refractivity contribution in [3.8, 4) is 11.8 Å². The van der Waals surface area contributed by atoms with Crippen LogP contribution in [0.15, 0.2) is 12.1 Å². The molecule has 1 aromatic rings. The van der Waals surface area contributed by atoms with E-state index in [0.717, 1.165) is 6.07 Å². The van der Waals surface area contributed by atoms with Crippen molar-refractivity contribution in [2.24, 2.45) is 0 Å². The van der Waals surface area contributed by atoms with Crippen LogP contribution in [0.1, 0.15) is 11.1 Å². The summed E-state index contributed by atoms with van der Waals surface area (Å²) >= 11 is 0. The minimum atomic E-state index is -3.13. The van der Waals surface area contributed by atoms with E-state index < -0.39 is 28.5 Å². The summed E-state index contributed by atoms with van der Waals surface area (Å²) in [6.07, 6.45) is 0. The molecule has 0 aliphatic carbocycles. The van der Waals surface area contributed by atoms with Crippen LogP contribution in [-0.4, -0.2) is 11.5 Å². The molecule has 7 heteroatoms. The Hall–Kier alpha value is -2.23. The largest absolute Gasteiger partial charge is 0.433 e. The Morgan fingerprint density at radius 2 is 2.19 bits per heavy atom. The molecule has 0 amide bonds. The smallest absolute Gasteiger partial charge is 0.387 e. The average molecular weight is 228 g/mol. The minimum Gasteiger partial charge on any atom is -0.433 e. The second-order valence-electron chi connectivity index (χ2n) is 2.85. The molecular formula is C9H6F2N2O3. The van der Waals surface area contributed by atoms with E-state index >= 15 is 0 Å². The molecule has 1 rings (SSSR count). The Balaban J connectivity index is 3.40. The molecule has 0 aliphatic rings. The Labute approximate surface area is 89.0 Å². The summed E-state index contributed by atoms with van der Waals surface area (Å²) in [5, 5.41) is 19.2. The molecule has 0 spiro atoms. The molecule has 0 aromatic heterocycles. The van der Waals surface area contributed by atoms with E-state index in [-0.39, 0.29) is 5.56 Å². The number of nitriles is 1. The van der Waals surface area contributed by atoms with Crippen molar-refractivity contribution in [2.75, 3.05) is 0 Å². The molecule has 0 aliphatic heterocycles. The lowest BCUT2D eigenvalue weighted by Gasteiger charge is -2.09. The van der Waals surface area contributed by atoms with Crippen molar-refractivity contribution in [1.82, 2.24) is 0 Å². The maximum Gasteiger partial charge on any atom is 0.387 e. The second-order valence-corrected chi connectivity index (χ2v) is 2.85. The third-order valence-corrected chi connectivity index (χ3v) is 1.85. The summed E-state index contributed by atoms with van der Waals surface area (Å²) in [5.74, 6) is -0.452. The molecule has 0 N–H and O–H groups in total. The van der Waals surface area contributed by atoms with Crippen molar-refractivity contribution in [1.29, 1.82) is 5.26 Å². The lowest BCUT2D eigenvalue weighted by molar-refractivity contribution is -0.385. The third kappa shape index (κ3) is 2.23. The van der Waals surface area contributed by atoms with Crippen molar-refractivity contribution in [3.05, 3.63) is 33.4 Å². The van der Waals surface area contributed by atoms with Gasteiger partial charge in [0.15, 0.2) is 11.3 Å². The first kappa shape index (κ1) is 11.8. The minimum absolute atomic E-state index is 0.238. The zero-order chi connectivity index (χ0) is 12.3. The van der Waals surface area contributed by atoms with Gasteiger partial charge in [-0.05, 0) is 18.6 Å². The van der Waals surface area contributed by atoms with Gasteiger partial charge in [0.2, 0.25) is 0 Å². The molecule has 0 unspecified atom stereocenters. The Morgan fingerprint density at radius 1 is 1.56 bits per heavy atom. The SMILES string of the molecule is Cc1ccc([N+](=O)[O-])c(C#N)c1OC(F)F. The number of benzene rings is 1. The van der Waals surface area contributed by atoms with E-state index in [1.165, 1.54) is 19.1 Å². The van der Waals surface area contributed by atoms with Crippen LogP contribution in [0, 0.1) is 28.4 Å². The predicted octanol–water partition coefficient (Wildman–Crippen LogP) is 2.38. The maximum absolute atomic E-state index is 12.0. The maximum atomic E-state index is 12.0. The summed E-state index contributed by atoms with van der Waals surface area (Å²) < 4.78 is 28.2. The van der Waals surface area contributed by atoms with Gasteiger partial charge in [0.1, 0.15) is 6.07 Å². The first-order chi connectivity index (χ1) is 7.47. The predicted molar refractivity (Wildman–Crippen MR) is 49.2 cm³/mol. The van der Waals surface area contributed by atoms with Crippen LogP contribution >= 0.6 is 0 Å². The van der Waals surface area contributed by atoms with Crippen LogP contribution < -0.4 is 4.74 Å². The van der Waals surface area contributed by atoms with E-state index in [1.54, 1.807) is 0 Å². The monoisotopic (exact) mass is 228 g/mol. The number of nitro groups is 1. The molecule has 5 nitrogen and oxygen atoms in total. The fourth-order valence-corrected chi connectivity index (χ4v) is 1.18. The number of nitro benzene ring substituents is 1. The van der Waals surface area contributed by atoms with Gasteiger partial charge in [0.25, 0.3) is 5.69 Å². The molecule has 0 bridgehead atoms. The van der Waals surface area contributed by atoms with Gasteiger partial charge in [-0.1, -0.05) is 0 Å². The van der Waals surface area contributed by atoms with Gasteiger partial charge < -0.3 is 4.74 Å². The summed E-state index contributed by atoms with van der Waals surface area (Å²) in [5.41, 5.74) is -0.809. The summed E-state index contributed by atoms with van der Waals surface area (Å²) in [7, 11) is 0. The van der Waals surface area contributed by atoms with Gasteiger partial charge >= 0.3 is 6.61 Å². The third-order valence-electron chi connectivity index (χ3n) is 1.85. The van der Waals surface area contributed by atoms with Crippen molar-refractivity contribution in [2.45, 2.75) is 13.5 Å². The molecule has 0 atom stereocenters. The first-order valence-corrected chi connectivity index (χ1v) is 4.10. The zero-order valence-electron chi connectivity index (χ0n) is 8.11. The number of halogens is 2. The summed E-state index contributed by atoms with van der Waals surface area (Å²) in [4.78, 5) is 9.72. The van der Waals surface area contributed by atoms with Gasteiger partial charge in [0.05, 0.1) is 4.92 Å². The molecule has 0 heterocycles. The Kier molecular flexibility index (Phi) is 3.35. The number of hydrogen-bond acceptors (Lipinski definition) is 4.